The standard InChI is InChI=1S/C66H43BN2O2Si/c1-5-21-45(22-6-1)68-56-33-16-13-30-52(56)63-58(68)39-40-59-64(63)53-31-14-17-34-57(53)69(59)46-36-38-55-62(43-46)71-66-51(37-41-61-65(66)67(55)54-32-15-18-35-60(54)70-61)44-20-19-29-50(42-44)72(47-23-7-2-8-24-47,48-25-9-3-10-26-48)49-27-11-4-12-28-49/h1-43H. The number of hydrogen-bond acceptors (Lipinski definition) is 2. The van der Waals surface area contributed by atoms with Gasteiger partial charge in [-0.05, 0) is 97.9 Å². The van der Waals surface area contributed by atoms with Gasteiger partial charge in [0.25, 0.3) is 6.71 Å². The van der Waals surface area contributed by atoms with Gasteiger partial charge < -0.3 is 18.6 Å². The van der Waals surface area contributed by atoms with Gasteiger partial charge in [0.05, 0.1) is 22.1 Å². The molecule has 0 aliphatic carbocycles. The molecule has 6 heteroatoms. The van der Waals surface area contributed by atoms with Crippen LogP contribution in [0.15, 0.2) is 261 Å². The minimum Gasteiger partial charge on any atom is -0.458 e. The molecule has 0 atom stereocenters. The van der Waals surface area contributed by atoms with Crippen molar-refractivity contribution in [3.05, 3.63) is 261 Å². The van der Waals surface area contributed by atoms with Gasteiger partial charge in [-0.15, -0.1) is 0 Å². The molecule has 0 spiro atoms. The Balaban J connectivity index is 0.941. The summed E-state index contributed by atoms with van der Waals surface area (Å²) >= 11 is 0. The number of fused-ring (bicyclic) bond motifs is 11. The van der Waals surface area contributed by atoms with Gasteiger partial charge in [-0.1, -0.05) is 194 Å². The molecule has 15 rings (SSSR count). The highest BCUT2D eigenvalue weighted by atomic mass is 28.3. The fourth-order valence-electron chi connectivity index (χ4n) is 12.4. The summed E-state index contributed by atoms with van der Waals surface area (Å²) in [6, 6.07) is 95.3. The zero-order valence-electron chi connectivity index (χ0n) is 39.1. The predicted molar refractivity (Wildman–Crippen MR) is 302 cm³/mol. The van der Waals surface area contributed by atoms with Gasteiger partial charge in [0.1, 0.15) is 23.0 Å². The molecule has 0 saturated carbocycles. The third-order valence-electron chi connectivity index (χ3n) is 15.4. The van der Waals surface area contributed by atoms with Crippen LogP contribution in [-0.4, -0.2) is 23.9 Å². The molecule has 2 aromatic heterocycles. The van der Waals surface area contributed by atoms with Crippen LogP contribution in [0.2, 0.25) is 0 Å². The lowest BCUT2D eigenvalue weighted by molar-refractivity contribution is 0.465. The van der Waals surface area contributed by atoms with Crippen molar-refractivity contribution in [1.82, 2.24) is 9.13 Å². The maximum atomic E-state index is 7.46. The van der Waals surface area contributed by atoms with Gasteiger partial charge >= 0.3 is 0 Å². The molecule has 2 aliphatic heterocycles. The first-order valence-electron chi connectivity index (χ1n) is 24.8. The third-order valence-corrected chi connectivity index (χ3v) is 20.2. The fourth-order valence-corrected chi connectivity index (χ4v) is 17.2. The lowest BCUT2D eigenvalue weighted by Gasteiger charge is -2.35. The number of nitrogens with zero attached hydrogens (tertiary/aromatic N) is 2. The normalized spacial score (nSPS) is 12.6. The number of para-hydroxylation sites is 4. The highest BCUT2D eigenvalue weighted by molar-refractivity contribution is 7.20. The van der Waals surface area contributed by atoms with Crippen molar-refractivity contribution in [3.8, 4) is 45.5 Å². The van der Waals surface area contributed by atoms with E-state index >= 15 is 0 Å². The average molecular weight is 935 g/mol. The number of ether oxygens (including phenoxy) is 2. The molecule has 4 nitrogen and oxygen atoms in total. The Morgan fingerprint density at radius 2 is 0.861 bits per heavy atom. The van der Waals surface area contributed by atoms with E-state index in [9.17, 15) is 0 Å². The Bertz CT molecular complexity index is 4190. The van der Waals surface area contributed by atoms with E-state index in [1.807, 2.05) is 0 Å². The van der Waals surface area contributed by atoms with E-state index < -0.39 is 8.07 Å². The highest BCUT2D eigenvalue weighted by Gasteiger charge is 2.43. The Labute approximate surface area is 418 Å². The zero-order chi connectivity index (χ0) is 47.3. The average Bonchev–Trinajstić information content (AvgIpc) is 3.97. The van der Waals surface area contributed by atoms with Gasteiger partial charge in [-0.25, -0.2) is 0 Å². The molecule has 72 heavy (non-hydrogen) atoms. The lowest BCUT2D eigenvalue weighted by atomic mass is 9.34. The van der Waals surface area contributed by atoms with E-state index in [1.165, 1.54) is 53.3 Å². The molecule has 336 valence electrons. The molecular formula is C66H43BN2O2Si. The highest BCUT2D eigenvalue weighted by Crippen LogP contribution is 2.44. The Morgan fingerprint density at radius 3 is 1.50 bits per heavy atom. The molecule has 0 amide bonds. The van der Waals surface area contributed by atoms with E-state index in [0.717, 1.165) is 72.9 Å². The summed E-state index contributed by atoms with van der Waals surface area (Å²) in [5.41, 5.74) is 12.3. The van der Waals surface area contributed by atoms with Crippen LogP contribution in [0.5, 0.6) is 23.0 Å². The van der Waals surface area contributed by atoms with E-state index in [2.05, 4.69) is 270 Å². The van der Waals surface area contributed by atoms with Gasteiger partial charge in [0.2, 0.25) is 0 Å². The minimum absolute atomic E-state index is 0.103. The summed E-state index contributed by atoms with van der Waals surface area (Å²) in [5, 5.41) is 10.2. The molecular weight excluding hydrogens is 892 g/mol. The smallest absolute Gasteiger partial charge is 0.260 e. The Kier molecular flexibility index (Phi) is 9.04. The lowest BCUT2D eigenvalue weighted by Crippen LogP contribution is -2.74. The monoisotopic (exact) mass is 934 g/mol. The predicted octanol–water partition coefficient (Wildman–Crippen LogP) is 11.7. The van der Waals surface area contributed by atoms with Crippen LogP contribution >= 0.6 is 0 Å². The van der Waals surface area contributed by atoms with Crippen molar-refractivity contribution in [2.24, 2.45) is 0 Å². The molecule has 0 unspecified atom stereocenters. The molecule has 0 N–H and O–H groups in total. The molecule has 13 aromatic rings. The topological polar surface area (TPSA) is 28.3 Å². The maximum absolute atomic E-state index is 7.46. The van der Waals surface area contributed by atoms with Crippen LogP contribution in [-0.2, 0) is 0 Å². The minimum atomic E-state index is -2.83. The first-order chi connectivity index (χ1) is 35.7. The second kappa shape index (κ2) is 16.0. The first kappa shape index (κ1) is 40.8. The maximum Gasteiger partial charge on any atom is 0.260 e. The van der Waals surface area contributed by atoms with E-state index in [4.69, 9.17) is 9.47 Å². The first-order valence-corrected chi connectivity index (χ1v) is 26.8. The van der Waals surface area contributed by atoms with Crippen LogP contribution in [0.25, 0.3) is 66.1 Å². The summed E-state index contributed by atoms with van der Waals surface area (Å²) < 4.78 is 19.1. The number of rotatable bonds is 7. The van der Waals surface area contributed by atoms with Crippen LogP contribution in [0.3, 0.4) is 0 Å². The van der Waals surface area contributed by atoms with Gasteiger partial charge in [0, 0.05) is 50.0 Å². The zero-order valence-corrected chi connectivity index (χ0v) is 40.1. The SMILES string of the molecule is c1ccc(-n2c3ccccc3c3c4c5ccccc5n(-c5ccc6c(c5)Oc5c(-c7cccc([Si](c8ccccc8)(c8ccccc8)c8ccccc8)c7)ccc7c5B6c5ccccc5O7)c4ccc32)cc1. The second-order valence-corrected chi connectivity index (χ2v) is 22.9. The van der Waals surface area contributed by atoms with Gasteiger partial charge in [-0.2, -0.15) is 0 Å². The summed E-state index contributed by atoms with van der Waals surface area (Å²) in [5.74, 6) is 3.37. The fraction of sp³-hybridized carbons (Fsp3) is 0. The van der Waals surface area contributed by atoms with Crippen molar-refractivity contribution in [2.45, 2.75) is 0 Å². The number of aromatic nitrogens is 2. The Hall–Kier alpha value is -9.10. The summed E-state index contributed by atoms with van der Waals surface area (Å²) in [7, 11) is -2.83. The molecule has 0 bridgehead atoms. The summed E-state index contributed by atoms with van der Waals surface area (Å²) in [6.07, 6.45) is 0. The summed E-state index contributed by atoms with van der Waals surface area (Å²) in [6.45, 7) is -0.103. The van der Waals surface area contributed by atoms with Crippen molar-refractivity contribution in [1.29, 1.82) is 0 Å². The number of benzene rings is 11. The van der Waals surface area contributed by atoms with Crippen molar-refractivity contribution in [2.75, 3.05) is 0 Å². The van der Waals surface area contributed by atoms with Crippen LogP contribution in [0.4, 0.5) is 0 Å². The van der Waals surface area contributed by atoms with Crippen LogP contribution < -0.4 is 46.6 Å². The van der Waals surface area contributed by atoms with E-state index in [-0.39, 0.29) is 6.71 Å². The summed E-state index contributed by atoms with van der Waals surface area (Å²) in [4.78, 5) is 0. The van der Waals surface area contributed by atoms with Crippen molar-refractivity contribution >= 4 is 95.5 Å². The van der Waals surface area contributed by atoms with E-state index in [1.54, 1.807) is 0 Å². The molecule has 0 radical (unpaired) electrons. The van der Waals surface area contributed by atoms with Crippen molar-refractivity contribution in [3.63, 3.8) is 0 Å². The van der Waals surface area contributed by atoms with E-state index in [0.29, 0.717) is 0 Å². The Morgan fingerprint density at radius 1 is 0.333 bits per heavy atom. The number of hydrogen-bond donors (Lipinski definition) is 0. The quantitative estimate of drug-likeness (QED) is 0.118. The second-order valence-electron chi connectivity index (χ2n) is 19.1. The van der Waals surface area contributed by atoms with Crippen LogP contribution in [0, 0.1) is 0 Å². The van der Waals surface area contributed by atoms with Gasteiger partial charge in [-0.3, -0.25) is 0 Å². The molecule has 0 fully saturated rings. The molecule has 0 saturated heterocycles. The molecule has 4 heterocycles. The van der Waals surface area contributed by atoms with Crippen LogP contribution in [0.1, 0.15) is 0 Å². The van der Waals surface area contributed by atoms with Gasteiger partial charge in [0.15, 0.2) is 8.07 Å². The van der Waals surface area contributed by atoms with Crippen molar-refractivity contribution < 1.29 is 9.47 Å². The molecule has 2 aliphatic rings. The molecule has 11 aromatic carbocycles. The third kappa shape index (κ3) is 5.87. The largest absolute Gasteiger partial charge is 0.458 e.